The van der Waals surface area contributed by atoms with Gasteiger partial charge in [0.05, 0.1) is 0 Å². The molecule has 1 aromatic carbocycles. The summed E-state index contributed by atoms with van der Waals surface area (Å²) in [4.78, 5) is 12.0. The molecular weight excluding hydrogens is 234 g/mol. The normalized spacial score (nSPS) is 11.3. The zero-order chi connectivity index (χ0) is 13.0. The summed E-state index contributed by atoms with van der Waals surface area (Å²) < 4.78 is 0. The second-order valence-corrected chi connectivity index (χ2v) is 5.43. The van der Waals surface area contributed by atoms with Gasteiger partial charge >= 0.3 is 0 Å². The first kappa shape index (κ1) is 14.0. The standard InChI is InChI=1S/C14H20ClNO/c1-9(2)13(10(3)4)16-14(17)11-5-7-12(15)8-6-11/h5-10,13H,1-4H3,(H,16,17). The van der Waals surface area contributed by atoms with E-state index in [0.29, 0.717) is 22.4 Å². The number of carbonyl (C=O) groups excluding carboxylic acids is 1. The molecule has 1 rings (SSSR count). The number of benzene rings is 1. The second-order valence-electron chi connectivity index (χ2n) is 4.99. The summed E-state index contributed by atoms with van der Waals surface area (Å²) in [6.07, 6.45) is 0. The van der Waals surface area contributed by atoms with Crippen molar-refractivity contribution in [1.82, 2.24) is 5.32 Å². The van der Waals surface area contributed by atoms with Crippen LogP contribution < -0.4 is 5.32 Å². The lowest BCUT2D eigenvalue weighted by Crippen LogP contribution is -2.42. The van der Waals surface area contributed by atoms with E-state index in [1.165, 1.54) is 0 Å². The van der Waals surface area contributed by atoms with E-state index < -0.39 is 0 Å². The molecule has 0 bridgehead atoms. The van der Waals surface area contributed by atoms with E-state index in [4.69, 9.17) is 11.6 Å². The van der Waals surface area contributed by atoms with Crippen molar-refractivity contribution in [3.63, 3.8) is 0 Å². The van der Waals surface area contributed by atoms with Crippen LogP contribution in [0.3, 0.4) is 0 Å². The Kier molecular flexibility index (Phi) is 5.01. The molecule has 0 saturated carbocycles. The second kappa shape index (κ2) is 6.06. The SMILES string of the molecule is CC(C)C(NC(=O)c1ccc(Cl)cc1)C(C)C. The van der Waals surface area contributed by atoms with Crippen molar-refractivity contribution in [2.45, 2.75) is 33.7 Å². The topological polar surface area (TPSA) is 29.1 Å². The van der Waals surface area contributed by atoms with Crippen LogP contribution >= 0.6 is 11.6 Å². The zero-order valence-electron chi connectivity index (χ0n) is 10.8. The highest BCUT2D eigenvalue weighted by Crippen LogP contribution is 2.14. The molecule has 17 heavy (non-hydrogen) atoms. The van der Waals surface area contributed by atoms with Crippen molar-refractivity contribution in [3.8, 4) is 0 Å². The van der Waals surface area contributed by atoms with E-state index in [9.17, 15) is 4.79 Å². The van der Waals surface area contributed by atoms with Crippen LogP contribution in [0.15, 0.2) is 24.3 Å². The Labute approximate surface area is 108 Å². The fraction of sp³-hybridized carbons (Fsp3) is 0.500. The predicted octanol–water partition coefficient (Wildman–Crippen LogP) is 3.75. The minimum Gasteiger partial charge on any atom is -0.349 e. The van der Waals surface area contributed by atoms with Crippen LogP contribution in [0.5, 0.6) is 0 Å². The van der Waals surface area contributed by atoms with Crippen molar-refractivity contribution in [1.29, 1.82) is 0 Å². The molecule has 0 atom stereocenters. The fourth-order valence-electron chi connectivity index (χ4n) is 1.94. The third kappa shape index (κ3) is 4.04. The van der Waals surface area contributed by atoms with Gasteiger partial charge in [-0.25, -0.2) is 0 Å². The summed E-state index contributed by atoms with van der Waals surface area (Å²) in [6, 6.07) is 7.15. The van der Waals surface area contributed by atoms with Crippen molar-refractivity contribution in [2.24, 2.45) is 11.8 Å². The summed E-state index contributed by atoms with van der Waals surface area (Å²) in [7, 11) is 0. The van der Waals surface area contributed by atoms with Crippen LogP contribution in [0.2, 0.25) is 5.02 Å². The van der Waals surface area contributed by atoms with Gasteiger partial charge in [0.15, 0.2) is 0 Å². The first-order valence-electron chi connectivity index (χ1n) is 5.98. The molecule has 0 heterocycles. The van der Waals surface area contributed by atoms with Crippen molar-refractivity contribution in [2.75, 3.05) is 0 Å². The van der Waals surface area contributed by atoms with Gasteiger partial charge in [-0.3, -0.25) is 4.79 Å². The minimum absolute atomic E-state index is 0.0333. The number of carbonyl (C=O) groups is 1. The molecular formula is C14H20ClNO. The van der Waals surface area contributed by atoms with Gasteiger partial charge in [-0.05, 0) is 36.1 Å². The molecule has 0 saturated heterocycles. The maximum absolute atomic E-state index is 12.0. The maximum atomic E-state index is 12.0. The minimum atomic E-state index is -0.0333. The molecule has 1 N–H and O–H groups in total. The highest BCUT2D eigenvalue weighted by molar-refractivity contribution is 6.30. The average Bonchev–Trinajstić information content (AvgIpc) is 2.25. The van der Waals surface area contributed by atoms with E-state index in [-0.39, 0.29) is 11.9 Å². The van der Waals surface area contributed by atoms with Gasteiger partial charge in [0.2, 0.25) is 0 Å². The molecule has 0 aliphatic heterocycles. The summed E-state index contributed by atoms with van der Waals surface area (Å²) in [5.74, 6) is 0.812. The fourth-order valence-corrected chi connectivity index (χ4v) is 2.07. The highest BCUT2D eigenvalue weighted by atomic mass is 35.5. The molecule has 3 heteroatoms. The summed E-state index contributed by atoms with van der Waals surface area (Å²) in [5.41, 5.74) is 0.653. The number of hydrogen-bond acceptors (Lipinski definition) is 1. The van der Waals surface area contributed by atoms with Crippen molar-refractivity contribution < 1.29 is 4.79 Å². The summed E-state index contributed by atoms with van der Waals surface area (Å²) in [6.45, 7) is 8.47. The Bertz CT molecular complexity index is 362. The largest absolute Gasteiger partial charge is 0.349 e. The number of nitrogens with one attached hydrogen (secondary N) is 1. The first-order valence-corrected chi connectivity index (χ1v) is 6.36. The maximum Gasteiger partial charge on any atom is 0.251 e. The molecule has 1 aromatic rings. The molecule has 0 fully saturated rings. The van der Waals surface area contributed by atoms with Gasteiger partial charge < -0.3 is 5.32 Å². The van der Waals surface area contributed by atoms with Crippen LogP contribution in [0.4, 0.5) is 0 Å². The van der Waals surface area contributed by atoms with Crippen LogP contribution in [0.1, 0.15) is 38.1 Å². The molecule has 94 valence electrons. The Hall–Kier alpha value is -1.02. The smallest absolute Gasteiger partial charge is 0.251 e. The van der Waals surface area contributed by atoms with Gasteiger partial charge in [-0.15, -0.1) is 0 Å². The number of halogens is 1. The Morgan fingerprint density at radius 2 is 1.53 bits per heavy atom. The molecule has 0 aliphatic rings. The molecule has 2 nitrogen and oxygen atoms in total. The summed E-state index contributed by atoms with van der Waals surface area (Å²) in [5, 5.41) is 3.71. The van der Waals surface area contributed by atoms with Gasteiger partial charge in [-0.2, -0.15) is 0 Å². The van der Waals surface area contributed by atoms with Crippen LogP contribution in [-0.4, -0.2) is 11.9 Å². The Balaban J connectivity index is 2.74. The molecule has 0 spiro atoms. The van der Waals surface area contributed by atoms with Crippen LogP contribution in [0.25, 0.3) is 0 Å². The van der Waals surface area contributed by atoms with Crippen LogP contribution in [0, 0.1) is 11.8 Å². The van der Waals surface area contributed by atoms with Gasteiger partial charge in [0.25, 0.3) is 5.91 Å². The highest BCUT2D eigenvalue weighted by Gasteiger charge is 2.20. The number of amides is 1. The van der Waals surface area contributed by atoms with E-state index in [1.54, 1.807) is 24.3 Å². The number of hydrogen-bond donors (Lipinski definition) is 1. The van der Waals surface area contributed by atoms with E-state index in [1.807, 2.05) is 0 Å². The molecule has 1 amide bonds. The molecule has 0 aliphatic carbocycles. The lowest BCUT2D eigenvalue weighted by molar-refractivity contribution is 0.0910. The predicted molar refractivity (Wildman–Crippen MR) is 72.4 cm³/mol. The van der Waals surface area contributed by atoms with Crippen LogP contribution in [-0.2, 0) is 0 Å². The zero-order valence-corrected chi connectivity index (χ0v) is 11.6. The first-order chi connectivity index (χ1) is 7.91. The quantitative estimate of drug-likeness (QED) is 0.870. The summed E-state index contributed by atoms with van der Waals surface area (Å²) >= 11 is 5.79. The Morgan fingerprint density at radius 1 is 1.06 bits per heavy atom. The van der Waals surface area contributed by atoms with E-state index >= 15 is 0 Å². The molecule has 0 radical (unpaired) electrons. The van der Waals surface area contributed by atoms with E-state index in [2.05, 4.69) is 33.0 Å². The van der Waals surface area contributed by atoms with Gasteiger partial charge in [0.1, 0.15) is 0 Å². The van der Waals surface area contributed by atoms with Crippen molar-refractivity contribution >= 4 is 17.5 Å². The molecule has 0 unspecified atom stereocenters. The monoisotopic (exact) mass is 253 g/mol. The third-order valence-corrected chi connectivity index (χ3v) is 3.09. The lowest BCUT2D eigenvalue weighted by atomic mass is 9.93. The van der Waals surface area contributed by atoms with E-state index in [0.717, 1.165) is 0 Å². The Morgan fingerprint density at radius 3 is 1.94 bits per heavy atom. The third-order valence-electron chi connectivity index (χ3n) is 2.84. The van der Waals surface area contributed by atoms with Gasteiger partial charge in [-0.1, -0.05) is 39.3 Å². The molecule has 0 aromatic heterocycles. The lowest BCUT2D eigenvalue weighted by Gasteiger charge is -2.26. The average molecular weight is 254 g/mol. The number of rotatable bonds is 4. The van der Waals surface area contributed by atoms with Crippen molar-refractivity contribution in [3.05, 3.63) is 34.9 Å². The van der Waals surface area contributed by atoms with Gasteiger partial charge in [0, 0.05) is 16.6 Å².